The number of rotatable bonds is 10. The van der Waals surface area contributed by atoms with Gasteiger partial charge in [0.15, 0.2) is 4.90 Å². The average Bonchev–Trinajstić information content (AvgIpc) is 2.62. The van der Waals surface area contributed by atoms with E-state index in [9.17, 15) is 8.42 Å². The summed E-state index contributed by atoms with van der Waals surface area (Å²) in [5.74, 6) is 0.796. The van der Waals surface area contributed by atoms with Crippen LogP contribution in [0.15, 0.2) is 58.3 Å². The lowest BCUT2D eigenvalue weighted by Gasteiger charge is -2.29. The molecule has 1 unspecified atom stereocenters. The molecule has 0 radical (unpaired) electrons. The molecule has 0 aromatic heterocycles. The Morgan fingerprint density at radius 1 is 0.929 bits per heavy atom. The fourth-order valence-electron chi connectivity index (χ4n) is 3.35. The zero-order valence-electron chi connectivity index (χ0n) is 17.8. The summed E-state index contributed by atoms with van der Waals surface area (Å²) >= 11 is 0. The lowest BCUT2D eigenvalue weighted by Crippen LogP contribution is -2.50. The summed E-state index contributed by atoms with van der Waals surface area (Å²) in [7, 11) is -3.59. The van der Waals surface area contributed by atoms with Gasteiger partial charge in [-0.15, -0.1) is 0 Å². The summed E-state index contributed by atoms with van der Waals surface area (Å²) in [4.78, 5) is 1.62. The molecule has 3 nitrogen and oxygen atoms in total. The highest BCUT2D eigenvalue weighted by Crippen LogP contribution is 2.25. The minimum absolute atomic E-state index is 0.0382. The molecule has 0 aliphatic rings. The third-order valence-electron chi connectivity index (χ3n) is 5.00. The second kappa shape index (κ2) is 9.95. The molecule has 154 valence electrons. The quantitative estimate of drug-likeness (QED) is 0.423. The molecule has 1 N–H and O–H groups in total. The highest BCUT2D eigenvalue weighted by molar-refractivity contribution is 7.96. The van der Waals surface area contributed by atoms with Crippen LogP contribution in [0.2, 0.25) is 0 Å². The maximum absolute atomic E-state index is 13.0. The van der Waals surface area contributed by atoms with E-state index < -0.39 is 15.6 Å². The zero-order valence-corrected chi connectivity index (χ0v) is 19.4. The Bertz CT molecular complexity index is 845. The summed E-state index contributed by atoms with van der Waals surface area (Å²) < 4.78 is 29.1. The van der Waals surface area contributed by atoms with Crippen LogP contribution >= 0.6 is 0 Å². The predicted octanol–water partition coefficient (Wildman–Crippen LogP) is 5.23. The van der Waals surface area contributed by atoms with E-state index in [0.29, 0.717) is 4.90 Å². The Morgan fingerprint density at radius 2 is 1.46 bits per heavy atom. The molecule has 2 rings (SSSR count). The van der Waals surface area contributed by atoms with Crippen LogP contribution in [0.25, 0.3) is 0 Å². The van der Waals surface area contributed by atoms with Gasteiger partial charge >= 0.3 is 0 Å². The van der Waals surface area contributed by atoms with Gasteiger partial charge in [-0.1, -0.05) is 61.6 Å². The molecule has 5 heteroatoms. The van der Waals surface area contributed by atoms with Gasteiger partial charge in [0.05, 0.1) is 10.4 Å². The van der Waals surface area contributed by atoms with Gasteiger partial charge in [-0.25, -0.2) is 13.1 Å². The van der Waals surface area contributed by atoms with Crippen LogP contribution in [0.5, 0.6) is 0 Å². The topological polar surface area (TPSA) is 46.2 Å². The van der Waals surface area contributed by atoms with Crippen molar-refractivity contribution in [3.05, 3.63) is 59.7 Å². The molecule has 2 aromatic carbocycles. The van der Waals surface area contributed by atoms with Gasteiger partial charge in [0.2, 0.25) is 10.0 Å². The molecule has 0 heterocycles. The SMILES string of the molecule is CCCCC[C@](C)(C[S+](C)c1ccc(C)cc1)NS(=O)(=O)c1ccc(C)cc1. The fraction of sp³-hybridized carbons (Fsp3) is 0.478. The first-order valence-electron chi connectivity index (χ1n) is 9.95. The second-order valence-corrected chi connectivity index (χ2v) is 11.7. The number of hydrogen-bond acceptors (Lipinski definition) is 2. The molecular weight excluding hydrogens is 386 g/mol. The van der Waals surface area contributed by atoms with Crippen LogP contribution in [0, 0.1) is 13.8 Å². The monoisotopic (exact) mass is 420 g/mol. The van der Waals surface area contributed by atoms with Gasteiger partial charge < -0.3 is 0 Å². The lowest BCUT2D eigenvalue weighted by molar-refractivity contribution is 0.409. The molecular formula is C23H34NO2S2+. The summed E-state index contributed by atoms with van der Waals surface area (Å²) in [6, 6.07) is 15.7. The number of sulfonamides is 1. The van der Waals surface area contributed by atoms with Gasteiger partial charge in [-0.2, -0.15) is 0 Å². The van der Waals surface area contributed by atoms with Crippen molar-refractivity contribution >= 4 is 20.9 Å². The predicted molar refractivity (Wildman–Crippen MR) is 122 cm³/mol. The Labute approximate surface area is 174 Å². The molecule has 2 aromatic rings. The summed E-state index contributed by atoms with van der Waals surface area (Å²) in [5.41, 5.74) is 1.83. The summed E-state index contributed by atoms with van der Waals surface area (Å²) in [6.07, 6.45) is 6.31. The van der Waals surface area contributed by atoms with E-state index in [1.54, 1.807) is 12.1 Å². The standard InChI is InChI=1S/C23H34NO2S2/c1-6-7-8-17-23(4,18-27(5)21-13-9-19(2)10-14-21)24-28(25,26)22-15-11-20(3)12-16-22/h9-16,24H,6-8,17-18H2,1-5H3/q+1/t23-,27?/m1/s1. The molecule has 0 aliphatic heterocycles. The summed E-state index contributed by atoms with van der Waals surface area (Å²) in [5, 5.41) is 0. The van der Waals surface area contributed by atoms with Gasteiger partial charge in [0, 0.05) is 10.9 Å². The van der Waals surface area contributed by atoms with Crippen molar-refractivity contribution in [1.82, 2.24) is 4.72 Å². The van der Waals surface area contributed by atoms with Gasteiger partial charge in [-0.3, -0.25) is 0 Å². The smallest absolute Gasteiger partial charge is 0.207 e. The molecule has 0 fully saturated rings. The number of aryl methyl sites for hydroxylation is 2. The zero-order chi connectivity index (χ0) is 20.8. The molecule has 0 aliphatic carbocycles. The van der Waals surface area contributed by atoms with Gasteiger partial charge in [0.1, 0.15) is 12.0 Å². The van der Waals surface area contributed by atoms with E-state index in [1.807, 2.05) is 19.1 Å². The molecule has 0 spiro atoms. The molecule has 0 amide bonds. The largest absolute Gasteiger partial charge is 0.241 e. The molecule has 0 bridgehead atoms. The number of unbranched alkanes of at least 4 members (excludes halogenated alkanes) is 2. The van der Waals surface area contributed by atoms with Gasteiger partial charge in [0.25, 0.3) is 0 Å². The average molecular weight is 421 g/mol. The van der Waals surface area contributed by atoms with Crippen molar-refractivity contribution in [2.45, 2.75) is 68.7 Å². The third kappa shape index (κ3) is 6.64. The first kappa shape index (κ1) is 23.0. The van der Waals surface area contributed by atoms with Crippen LogP contribution in [-0.4, -0.2) is 26.0 Å². The van der Waals surface area contributed by atoms with E-state index in [1.165, 1.54) is 10.5 Å². The van der Waals surface area contributed by atoms with Crippen molar-refractivity contribution in [2.75, 3.05) is 12.0 Å². The highest BCUT2D eigenvalue weighted by atomic mass is 32.2. The van der Waals surface area contributed by atoms with E-state index >= 15 is 0 Å². The minimum Gasteiger partial charge on any atom is -0.207 e. The number of nitrogens with one attached hydrogen (secondary N) is 1. The van der Waals surface area contributed by atoms with Crippen LogP contribution in [-0.2, 0) is 20.9 Å². The maximum atomic E-state index is 13.0. The van der Waals surface area contributed by atoms with E-state index in [0.717, 1.165) is 37.0 Å². The molecule has 0 saturated heterocycles. The summed E-state index contributed by atoms with van der Waals surface area (Å²) in [6.45, 7) is 8.28. The highest BCUT2D eigenvalue weighted by Gasteiger charge is 2.36. The lowest BCUT2D eigenvalue weighted by atomic mass is 9.98. The van der Waals surface area contributed by atoms with Crippen LogP contribution in [0.3, 0.4) is 0 Å². The Balaban J connectivity index is 2.23. The number of benzene rings is 2. The molecule has 28 heavy (non-hydrogen) atoms. The van der Waals surface area contributed by atoms with E-state index in [4.69, 9.17) is 0 Å². The first-order valence-corrected chi connectivity index (χ1v) is 13.2. The van der Waals surface area contributed by atoms with Crippen LogP contribution < -0.4 is 4.72 Å². The molecule has 2 atom stereocenters. The van der Waals surface area contributed by atoms with Gasteiger partial charge in [-0.05, 0) is 51.5 Å². The normalized spacial score (nSPS) is 15.2. The second-order valence-electron chi connectivity index (χ2n) is 8.03. The third-order valence-corrected chi connectivity index (χ3v) is 8.80. The maximum Gasteiger partial charge on any atom is 0.241 e. The fourth-order valence-corrected chi connectivity index (χ4v) is 6.82. The Morgan fingerprint density at radius 3 is 2.00 bits per heavy atom. The Hall–Kier alpha value is -1.30. The minimum atomic E-state index is -3.55. The van der Waals surface area contributed by atoms with Crippen LogP contribution in [0.4, 0.5) is 0 Å². The number of hydrogen-bond donors (Lipinski definition) is 1. The van der Waals surface area contributed by atoms with Crippen molar-refractivity contribution in [2.24, 2.45) is 0 Å². The van der Waals surface area contributed by atoms with Crippen molar-refractivity contribution in [1.29, 1.82) is 0 Å². The van der Waals surface area contributed by atoms with E-state index in [-0.39, 0.29) is 10.9 Å². The first-order chi connectivity index (χ1) is 13.1. The van der Waals surface area contributed by atoms with E-state index in [2.05, 4.69) is 56.0 Å². The van der Waals surface area contributed by atoms with Crippen molar-refractivity contribution in [3.8, 4) is 0 Å². The van der Waals surface area contributed by atoms with Crippen LogP contribution in [0.1, 0.15) is 50.7 Å². The molecule has 0 saturated carbocycles. The van der Waals surface area contributed by atoms with Crippen molar-refractivity contribution < 1.29 is 8.42 Å². The van der Waals surface area contributed by atoms with Crippen molar-refractivity contribution in [3.63, 3.8) is 0 Å². The Kier molecular flexibility index (Phi) is 8.17.